The minimum atomic E-state index is -0.876. The molecule has 0 heterocycles. The van der Waals surface area contributed by atoms with Crippen molar-refractivity contribution in [2.45, 2.75) is 25.4 Å². The first-order valence-electron chi connectivity index (χ1n) is 5.86. The summed E-state index contributed by atoms with van der Waals surface area (Å²) in [6, 6.07) is 9.68. The van der Waals surface area contributed by atoms with Crippen LogP contribution >= 0.6 is 0 Å². The smallest absolute Gasteiger partial charge is 0.407 e. The standard InChI is InChI=1S/C13H17NO3/c15-7-6-11-8-12(11)14(13(16)17)9-10-4-2-1-3-5-10/h1-5,11-12,15H,6-9H2,(H,16,17). The van der Waals surface area contributed by atoms with Gasteiger partial charge in [-0.05, 0) is 24.3 Å². The zero-order chi connectivity index (χ0) is 12.3. The Balaban J connectivity index is 1.98. The van der Waals surface area contributed by atoms with Crippen molar-refractivity contribution >= 4 is 6.09 Å². The van der Waals surface area contributed by atoms with E-state index < -0.39 is 6.09 Å². The Hall–Kier alpha value is -1.55. The van der Waals surface area contributed by atoms with Gasteiger partial charge in [-0.3, -0.25) is 0 Å². The van der Waals surface area contributed by atoms with Gasteiger partial charge in [0.2, 0.25) is 0 Å². The number of benzene rings is 1. The third-order valence-electron chi connectivity index (χ3n) is 3.23. The maximum Gasteiger partial charge on any atom is 0.407 e. The van der Waals surface area contributed by atoms with Crippen LogP contribution in [0.1, 0.15) is 18.4 Å². The molecule has 1 aliphatic carbocycles. The van der Waals surface area contributed by atoms with Crippen LogP contribution in [0.25, 0.3) is 0 Å². The lowest BCUT2D eigenvalue weighted by Crippen LogP contribution is -2.32. The molecule has 0 aromatic heterocycles. The normalized spacial score (nSPS) is 22.2. The lowest BCUT2D eigenvalue weighted by atomic mass is 10.2. The number of aliphatic hydroxyl groups excluding tert-OH is 1. The van der Waals surface area contributed by atoms with Crippen LogP contribution in [0.4, 0.5) is 4.79 Å². The second-order valence-corrected chi connectivity index (χ2v) is 4.47. The molecule has 2 unspecified atom stereocenters. The fourth-order valence-electron chi connectivity index (χ4n) is 2.20. The van der Waals surface area contributed by atoms with E-state index in [4.69, 9.17) is 5.11 Å². The first kappa shape index (κ1) is 11.9. The Morgan fingerprint density at radius 2 is 2.06 bits per heavy atom. The summed E-state index contributed by atoms with van der Waals surface area (Å²) in [5.41, 5.74) is 1.00. The van der Waals surface area contributed by atoms with Gasteiger partial charge in [0.05, 0.1) is 0 Å². The summed E-state index contributed by atoms with van der Waals surface area (Å²) >= 11 is 0. The van der Waals surface area contributed by atoms with Crippen LogP contribution in [0.2, 0.25) is 0 Å². The third-order valence-corrected chi connectivity index (χ3v) is 3.23. The Morgan fingerprint density at radius 1 is 1.35 bits per heavy atom. The van der Waals surface area contributed by atoms with E-state index in [-0.39, 0.29) is 12.6 Å². The zero-order valence-electron chi connectivity index (χ0n) is 9.62. The van der Waals surface area contributed by atoms with Crippen LogP contribution in [0, 0.1) is 5.92 Å². The van der Waals surface area contributed by atoms with Gasteiger partial charge in [-0.2, -0.15) is 0 Å². The summed E-state index contributed by atoms with van der Waals surface area (Å²) in [7, 11) is 0. The lowest BCUT2D eigenvalue weighted by Gasteiger charge is -2.19. The molecule has 2 atom stereocenters. The van der Waals surface area contributed by atoms with Gasteiger partial charge < -0.3 is 15.1 Å². The molecule has 1 aliphatic rings. The van der Waals surface area contributed by atoms with Crippen LogP contribution < -0.4 is 0 Å². The van der Waals surface area contributed by atoms with E-state index >= 15 is 0 Å². The van der Waals surface area contributed by atoms with Crippen molar-refractivity contribution in [3.63, 3.8) is 0 Å². The van der Waals surface area contributed by atoms with Crippen LogP contribution in [-0.4, -0.2) is 33.9 Å². The Bertz CT molecular complexity index is 380. The summed E-state index contributed by atoms with van der Waals surface area (Å²) in [4.78, 5) is 12.7. The molecular weight excluding hydrogens is 218 g/mol. The molecular formula is C13H17NO3. The highest BCUT2D eigenvalue weighted by Gasteiger charge is 2.43. The van der Waals surface area contributed by atoms with E-state index in [0.717, 1.165) is 12.0 Å². The van der Waals surface area contributed by atoms with E-state index in [9.17, 15) is 9.90 Å². The van der Waals surface area contributed by atoms with Crippen LogP contribution in [-0.2, 0) is 6.54 Å². The van der Waals surface area contributed by atoms with Crippen molar-refractivity contribution in [2.75, 3.05) is 6.61 Å². The van der Waals surface area contributed by atoms with Gasteiger partial charge in [0, 0.05) is 19.2 Å². The molecule has 0 aliphatic heterocycles. The summed E-state index contributed by atoms with van der Waals surface area (Å²) < 4.78 is 0. The highest BCUT2D eigenvalue weighted by molar-refractivity contribution is 5.66. The minimum Gasteiger partial charge on any atom is -0.465 e. The first-order valence-corrected chi connectivity index (χ1v) is 5.86. The molecule has 0 bridgehead atoms. The molecule has 1 saturated carbocycles. The number of aliphatic hydroxyl groups is 1. The van der Waals surface area contributed by atoms with Crippen molar-refractivity contribution in [2.24, 2.45) is 5.92 Å². The monoisotopic (exact) mass is 235 g/mol. The van der Waals surface area contributed by atoms with Crippen molar-refractivity contribution in [1.82, 2.24) is 4.90 Å². The molecule has 0 saturated heterocycles. The number of carboxylic acid groups (broad SMARTS) is 1. The number of hydrogen-bond donors (Lipinski definition) is 2. The molecule has 1 aromatic carbocycles. The van der Waals surface area contributed by atoms with Gasteiger partial charge in [0.15, 0.2) is 0 Å². The predicted molar refractivity (Wildman–Crippen MR) is 63.6 cm³/mol. The van der Waals surface area contributed by atoms with Gasteiger partial charge in [0.1, 0.15) is 0 Å². The lowest BCUT2D eigenvalue weighted by molar-refractivity contribution is 0.135. The molecule has 1 amide bonds. The second kappa shape index (κ2) is 5.19. The number of amides is 1. The molecule has 92 valence electrons. The zero-order valence-corrected chi connectivity index (χ0v) is 9.62. The molecule has 4 nitrogen and oxygen atoms in total. The highest BCUT2D eigenvalue weighted by Crippen LogP contribution is 2.39. The van der Waals surface area contributed by atoms with E-state index in [2.05, 4.69) is 0 Å². The first-order chi connectivity index (χ1) is 8.22. The largest absolute Gasteiger partial charge is 0.465 e. The molecule has 1 fully saturated rings. The number of rotatable bonds is 5. The van der Waals surface area contributed by atoms with E-state index in [0.29, 0.717) is 18.9 Å². The van der Waals surface area contributed by atoms with Gasteiger partial charge in [0.25, 0.3) is 0 Å². The molecule has 2 N–H and O–H groups in total. The average Bonchev–Trinajstić information content (AvgIpc) is 3.07. The van der Waals surface area contributed by atoms with Gasteiger partial charge in [-0.15, -0.1) is 0 Å². The van der Waals surface area contributed by atoms with Gasteiger partial charge in [-0.1, -0.05) is 30.3 Å². The molecule has 4 heteroatoms. The topological polar surface area (TPSA) is 60.8 Å². The maximum absolute atomic E-state index is 11.2. The van der Waals surface area contributed by atoms with E-state index in [1.807, 2.05) is 30.3 Å². The second-order valence-electron chi connectivity index (χ2n) is 4.47. The number of nitrogens with zero attached hydrogens (tertiary/aromatic N) is 1. The summed E-state index contributed by atoms with van der Waals surface area (Å²) in [5, 5.41) is 18.0. The van der Waals surface area contributed by atoms with Crippen LogP contribution in [0.3, 0.4) is 0 Å². The maximum atomic E-state index is 11.2. The number of carbonyl (C=O) groups is 1. The summed E-state index contributed by atoms with van der Waals surface area (Å²) in [6.07, 6.45) is 0.697. The van der Waals surface area contributed by atoms with Crippen LogP contribution in [0.15, 0.2) is 30.3 Å². The third kappa shape index (κ3) is 2.97. The summed E-state index contributed by atoms with van der Waals surface area (Å²) in [5.74, 6) is 0.333. The average molecular weight is 235 g/mol. The van der Waals surface area contributed by atoms with Crippen molar-refractivity contribution in [3.05, 3.63) is 35.9 Å². The van der Waals surface area contributed by atoms with Crippen LogP contribution in [0.5, 0.6) is 0 Å². The fraction of sp³-hybridized carbons (Fsp3) is 0.462. The minimum absolute atomic E-state index is 0.0832. The fourth-order valence-corrected chi connectivity index (χ4v) is 2.20. The van der Waals surface area contributed by atoms with Gasteiger partial charge in [-0.25, -0.2) is 4.79 Å². The van der Waals surface area contributed by atoms with E-state index in [1.54, 1.807) is 0 Å². The molecule has 0 radical (unpaired) electrons. The Labute approximate surface area is 100 Å². The van der Waals surface area contributed by atoms with Gasteiger partial charge >= 0.3 is 6.09 Å². The highest BCUT2D eigenvalue weighted by atomic mass is 16.4. The summed E-state index contributed by atoms with van der Waals surface area (Å²) in [6.45, 7) is 0.572. The van der Waals surface area contributed by atoms with E-state index in [1.165, 1.54) is 4.90 Å². The van der Waals surface area contributed by atoms with Crippen molar-refractivity contribution in [1.29, 1.82) is 0 Å². The van der Waals surface area contributed by atoms with Crippen molar-refractivity contribution < 1.29 is 15.0 Å². The molecule has 1 aromatic rings. The quantitative estimate of drug-likeness (QED) is 0.819. The number of hydrogen-bond acceptors (Lipinski definition) is 2. The predicted octanol–water partition coefficient (Wildman–Crippen LogP) is 1.94. The molecule has 17 heavy (non-hydrogen) atoms. The Kier molecular flexibility index (Phi) is 3.64. The van der Waals surface area contributed by atoms with Crippen molar-refractivity contribution in [3.8, 4) is 0 Å². The SMILES string of the molecule is O=C(O)N(Cc1ccccc1)C1CC1CCO. The molecule has 2 rings (SSSR count). The Morgan fingerprint density at radius 3 is 2.65 bits per heavy atom. The molecule has 0 spiro atoms.